The molecule has 0 saturated carbocycles. The highest BCUT2D eigenvalue weighted by atomic mass is 32.2. The Morgan fingerprint density at radius 1 is 1.13 bits per heavy atom. The molecule has 0 amide bonds. The minimum absolute atomic E-state index is 0.217. The van der Waals surface area contributed by atoms with Crippen molar-refractivity contribution in [1.29, 1.82) is 0 Å². The van der Waals surface area contributed by atoms with Gasteiger partial charge in [0, 0.05) is 32.2 Å². The van der Waals surface area contributed by atoms with Gasteiger partial charge in [0.15, 0.2) is 0 Å². The minimum atomic E-state index is -3.12. The van der Waals surface area contributed by atoms with E-state index in [1.807, 2.05) is 26.8 Å². The Balaban J connectivity index is 2.04. The molecule has 0 radical (unpaired) electrons. The number of hydrogen-bond acceptors (Lipinski definition) is 6. The van der Waals surface area contributed by atoms with E-state index in [9.17, 15) is 8.42 Å². The van der Waals surface area contributed by atoms with Gasteiger partial charge in [0.25, 0.3) is 0 Å². The van der Waals surface area contributed by atoms with Gasteiger partial charge < -0.3 is 9.64 Å². The third kappa shape index (κ3) is 4.78. The Morgan fingerprint density at radius 2 is 1.83 bits per heavy atom. The van der Waals surface area contributed by atoms with Crippen LogP contribution in [0.15, 0.2) is 6.07 Å². The number of aromatic nitrogens is 2. The maximum Gasteiger partial charge on any atom is 0.218 e. The van der Waals surface area contributed by atoms with Crippen LogP contribution < -0.4 is 9.64 Å². The van der Waals surface area contributed by atoms with Gasteiger partial charge in [-0.2, -0.15) is 9.29 Å². The van der Waals surface area contributed by atoms with Crippen LogP contribution in [0.2, 0.25) is 0 Å². The van der Waals surface area contributed by atoms with Crippen molar-refractivity contribution in [3.63, 3.8) is 0 Å². The molecule has 1 fully saturated rings. The summed E-state index contributed by atoms with van der Waals surface area (Å²) in [5.41, 5.74) is 0. The summed E-state index contributed by atoms with van der Waals surface area (Å²) in [6.45, 7) is 8.65. The van der Waals surface area contributed by atoms with Gasteiger partial charge in [-0.05, 0) is 19.8 Å². The molecule has 23 heavy (non-hydrogen) atoms. The lowest BCUT2D eigenvalue weighted by molar-refractivity contribution is 0.303. The van der Waals surface area contributed by atoms with Gasteiger partial charge in [-0.3, -0.25) is 0 Å². The number of aryl methyl sites for hydroxylation is 1. The molecule has 0 N–H and O–H groups in total. The predicted octanol–water partition coefficient (Wildman–Crippen LogP) is 1.44. The smallest absolute Gasteiger partial charge is 0.218 e. The fraction of sp³-hybridized carbons (Fsp3) is 0.733. The molecule has 0 aromatic carbocycles. The number of hydrogen-bond donors (Lipinski definition) is 0. The molecular formula is C15H26N4O3S. The highest BCUT2D eigenvalue weighted by Gasteiger charge is 2.27. The van der Waals surface area contributed by atoms with Crippen molar-refractivity contribution in [2.45, 2.75) is 33.6 Å². The van der Waals surface area contributed by atoms with Gasteiger partial charge in [-0.15, -0.1) is 0 Å². The maximum absolute atomic E-state index is 12.1. The normalized spacial score (nSPS) is 16.6. The molecule has 1 aromatic heterocycles. The van der Waals surface area contributed by atoms with Crippen LogP contribution in [0.5, 0.6) is 5.88 Å². The summed E-state index contributed by atoms with van der Waals surface area (Å²) in [6, 6.07) is 1.83. The van der Waals surface area contributed by atoms with E-state index in [0.717, 1.165) is 12.2 Å². The molecule has 2 rings (SSSR count). The molecule has 1 aromatic rings. The van der Waals surface area contributed by atoms with Crippen molar-refractivity contribution >= 4 is 15.8 Å². The SMILES string of the molecule is CCCOc1cc(N2CCN(S(=O)(=O)CCC)CC2)nc(C)n1. The zero-order valence-corrected chi connectivity index (χ0v) is 15.0. The van der Waals surface area contributed by atoms with E-state index < -0.39 is 10.0 Å². The van der Waals surface area contributed by atoms with Crippen LogP contribution in [0.4, 0.5) is 5.82 Å². The molecule has 130 valence electrons. The number of nitrogens with zero attached hydrogens (tertiary/aromatic N) is 4. The summed E-state index contributed by atoms with van der Waals surface area (Å²) >= 11 is 0. The lowest BCUT2D eigenvalue weighted by atomic mass is 10.3. The quantitative estimate of drug-likeness (QED) is 0.746. The zero-order chi connectivity index (χ0) is 16.9. The first-order valence-corrected chi connectivity index (χ1v) is 9.78. The molecule has 1 aliphatic heterocycles. The molecule has 7 nitrogen and oxygen atoms in total. The molecule has 0 bridgehead atoms. The summed E-state index contributed by atoms with van der Waals surface area (Å²) in [7, 11) is -3.12. The Kier molecular flexibility index (Phi) is 6.17. The molecule has 0 aliphatic carbocycles. The lowest BCUT2D eigenvalue weighted by Gasteiger charge is -2.34. The first kappa shape index (κ1) is 17.9. The van der Waals surface area contributed by atoms with E-state index >= 15 is 0 Å². The molecule has 8 heteroatoms. The van der Waals surface area contributed by atoms with Crippen molar-refractivity contribution < 1.29 is 13.2 Å². The third-order valence-electron chi connectivity index (χ3n) is 3.67. The van der Waals surface area contributed by atoms with Gasteiger partial charge in [0.2, 0.25) is 15.9 Å². The van der Waals surface area contributed by atoms with E-state index in [2.05, 4.69) is 14.9 Å². The van der Waals surface area contributed by atoms with E-state index in [-0.39, 0.29) is 5.75 Å². The summed E-state index contributed by atoms with van der Waals surface area (Å²) in [6.07, 6.45) is 1.57. The summed E-state index contributed by atoms with van der Waals surface area (Å²) in [4.78, 5) is 10.8. The van der Waals surface area contributed by atoms with Gasteiger partial charge in [-0.25, -0.2) is 13.4 Å². The number of ether oxygens (including phenoxy) is 1. The first-order valence-electron chi connectivity index (χ1n) is 8.17. The Morgan fingerprint density at radius 3 is 2.43 bits per heavy atom. The summed E-state index contributed by atoms with van der Waals surface area (Å²) < 4.78 is 31.4. The molecule has 0 unspecified atom stereocenters. The van der Waals surface area contributed by atoms with Crippen molar-refractivity contribution in [3.8, 4) is 5.88 Å². The van der Waals surface area contributed by atoms with Crippen LogP contribution in [0.3, 0.4) is 0 Å². The van der Waals surface area contributed by atoms with Gasteiger partial charge in [0.05, 0.1) is 12.4 Å². The van der Waals surface area contributed by atoms with E-state index in [4.69, 9.17) is 4.74 Å². The average molecular weight is 342 g/mol. The molecule has 1 aliphatic rings. The first-order chi connectivity index (χ1) is 11.0. The Hall–Kier alpha value is -1.41. The van der Waals surface area contributed by atoms with Gasteiger partial charge >= 0.3 is 0 Å². The zero-order valence-electron chi connectivity index (χ0n) is 14.2. The van der Waals surface area contributed by atoms with Crippen molar-refractivity contribution in [2.24, 2.45) is 0 Å². The highest BCUT2D eigenvalue weighted by Crippen LogP contribution is 2.20. The summed E-state index contributed by atoms with van der Waals surface area (Å²) in [5.74, 6) is 2.26. The average Bonchev–Trinajstić information content (AvgIpc) is 2.52. The molecule has 2 heterocycles. The van der Waals surface area contributed by atoms with Crippen LogP contribution in [-0.4, -0.2) is 61.2 Å². The molecule has 0 spiro atoms. The van der Waals surface area contributed by atoms with E-state index in [1.165, 1.54) is 0 Å². The second kappa shape index (κ2) is 7.92. The van der Waals surface area contributed by atoms with Crippen LogP contribution in [0, 0.1) is 6.92 Å². The van der Waals surface area contributed by atoms with Crippen molar-refractivity contribution in [2.75, 3.05) is 43.4 Å². The van der Waals surface area contributed by atoms with E-state index in [0.29, 0.717) is 50.9 Å². The van der Waals surface area contributed by atoms with Crippen LogP contribution in [0.25, 0.3) is 0 Å². The Bertz CT molecular complexity index is 613. The predicted molar refractivity (Wildman–Crippen MR) is 90.4 cm³/mol. The molecular weight excluding hydrogens is 316 g/mol. The second-order valence-electron chi connectivity index (χ2n) is 5.66. The number of anilines is 1. The van der Waals surface area contributed by atoms with Crippen molar-refractivity contribution in [3.05, 3.63) is 11.9 Å². The number of rotatable bonds is 7. The van der Waals surface area contributed by atoms with Crippen molar-refractivity contribution in [1.82, 2.24) is 14.3 Å². The molecule has 1 saturated heterocycles. The topological polar surface area (TPSA) is 75.6 Å². The summed E-state index contributed by atoms with van der Waals surface area (Å²) in [5, 5.41) is 0. The standard InChI is InChI=1S/C15H26N4O3S/c1-4-10-22-15-12-14(16-13(3)17-15)18-6-8-19(9-7-18)23(20,21)11-5-2/h12H,4-11H2,1-3H3. The maximum atomic E-state index is 12.1. The number of piperazine rings is 1. The largest absolute Gasteiger partial charge is 0.478 e. The lowest BCUT2D eigenvalue weighted by Crippen LogP contribution is -2.49. The second-order valence-corrected chi connectivity index (χ2v) is 7.75. The minimum Gasteiger partial charge on any atom is -0.478 e. The fourth-order valence-corrected chi connectivity index (χ4v) is 4.04. The molecule has 0 atom stereocenters. The monoisotopic (exact) mass is 342 g/mol. The Labute approximate surface area is 138 Å². The van der Waals surface area contributed by atoms with E-state index in [1.54, 1.807) is 4.31 Å². The van der Waals surface area contributed by atoms with Gasteiger partial charge in [0.1, 0.15) is 11.6 Å². The van der Waals surface area contributed by atoms with Crippen LogP contribution in [0.1, 0.15) is 32.5 Å². The van der Waals surface area contributed by atoms with Crippen LogP contribution in [-0.2, 0) is 10.0 Å². The third-order valence-corrected chi connectivity index (χ3v) is 5.75. The fourth-order valence-electron chi connectivity index (χ4n) is 2.55. The van der Waals surface area contributed by atoms with Gasteiger partial charge in [-0.1, -0.05) is 13.8 Å². The number of sulfonamides is 1. The highest BCUT2D eigenvalue weighted by molar-refractivity contribution is 7.89. The van der Waals surface area contributed by atoms with Crippen LogP contribution >= 0.6 is 0 Å².